The molecule has 2 aliphatic rings. The second-order valence-corrected chi connectivity index (χ2v) is 10.3. The number of rotatable bonds is 6. The highest BCUT2D eigenvalue weighted by Gasteiger charge is 2.49. The van der Waals surface area contributed by atoms with Crippen molar-refractivity contribution >= 4 is 27.3 Å². The van der Waals surface area contributed by atoms with E-state index in [4.69, 9.17) is 9.47 Å². The van der Waals surface area contributed by atoms with Gasteiger partial charge < -0.3 is 14.8 Å². The molecule has 0 bridgehead atoms. The fourth-order valence-corrected chi connectivity index (χ4v) is 5.79. The van der Waals surface area contributed by atoms with E-state index in [-0.39, 0.29) is 29.8 Å². The molecule has 2 N–H and O–H groups in total. The van der Waals surface area contributed by atoms with Crippen LogP contribution in [0.4, 0.5) is 5.95 Å². The first kappa shape index (κ1) is 20.5. The van der Waals surface area contributed by atoms with Gasteiger partial charge in [-0.05, 0) is 36.6 Å². The molecule has 4 heterocycles. The smallest absolute Gasteiger partial charge is 0.240 e. The van der Waals surface area contributed by atoms with E-state index >= 15 is 0 Å². The summed E-state index contributed by atoms with van der Waals surface area (Å²) in [4.78, 5) is 10.2. The molecule has 2 saturated heterocycles. The molecule has 0 radical (unpaired) electrons. The Labute approximate surface area is 184 Å². The molecule has 31 heavy (non-hydrogen) atoms. The number of anilines is 1. The van der Waals surface area contributed by atoms with E-state index in [1.165, 1.54) is 0 Å². The van der Waals surface area contributed by atoms with Crippen molar-refractivity contribution in [2.75, 3.05) is 18.5 Å². The van der Waals surface area contributed by atoms with Gasteiger partial charge in [0.15, 0.2) is 0 Å². The Morgan fingerprint density at radius 2 is 1.77 bits per heavy atom. The van der Waals surface area contributed by atoms with Crippen molar-refractivity contribution in [2.45, 2.75) is 36.1 Å². The summed E-state index contributed by atoms with van der Waals surface area (Å²) >= 11 is 1.61. The normalized spacial score (nSPS) is 25.5. The summed E-state index contributed by atoms with van der Waals surface area (Å²) in [5.74, 6) is 0.493. The first-order valence-electron chi connectivity index (χ1n) is 9.95. The van der Waals surface area contributed by atoms with Crippen LogP contribution in [0.15, 0.2) is 58.9 Å². The van der Waals surface area contributed by atoms with Crippen molar-refractivity contribution in [1.29, 1.82) is 0 Å². The second kappa shape index (κ2) is 8.29. The summed E-state index contributed by atoms with van der Waals surface area (Å²) < 4.78 is 40.1. The fraction of sp³-hybridized carbons (Fsp3) is 0.333. The molecule has 1 aromatic carbocycles. The SMILES string of the molecule is Cc1ccc(S(=O)(=O)N[C@H]2CO[C@H]3[C@@H]2OC[C@@H]3Nc2nccc(-c3cccs3)n2)cc1. The summed E-state index contributed by atoms with van der Waals surface area (Å²) in [6.07, 6.45) is 1.05. The summed E-state index contributed by atoms with van der Waals surface area (Å²) in [5, 5.41) is 5.30. The molecule has 10 heteroatoms. The lowest BCUT2D eigenvalue weighted by Crippen LogP contribution is -2.44. The van der Waals surface area contributed by atoms with Crippen LogP contribution in [-0.4, -0.2) is 55.9 Å². The van der Waals surface area contributed by atoms with Crippen molar-refractivity contribution in [3.05, 3.63) is 59.6 Å². The Hall–Kier alpha value is -2.37. The Bertz CT molecular complexity index is 1150. The number of nitrogens with zero attached hydrogens (tertiary/aromatic N) is 2. The predicted octanol–water partition coefficient (Wildman–Crippen LogP) is 2.44. The van der Waals surface area contributed by atoms with Crippen LogP contribution in [0.5, 0.6) is 0 Å². The minimum absolute atomic E-state index is 0.169. The highest BCUT2D eigenvalue weighted by molar-refractivity contribution is 7.89. The Morgan fingerprint density at radius 1 is 1.03 bits per heavy atom. The minimum Gasteiger partial charge on any atom is -0.371 e. The van der Waals surface area contributed by atoms with Crippen LogP contribution in [0.2, 0.25) is 0 Å². The highest BCUT2D eigenvalue weighted by Crippen LogP contribution is 2.30. The number of benzene rings is 1. The van der Waals surface area contributed by atoms with Gasteiger partial charge in [0, 0.05) is 6.20 Å². The van der Waals surface area contributed by atoms with Gasteiger partial charge in [-0.3, -0.25) is 0 Å². The van der Waals surface area contributed by atoms with Gasteiger partial charge >= 0.3 is 0 Å². The standard InChI is InChI=1S/C21H22N4O4S2/c1-13-4-6-14(7-5-13)31(26,27)25-17-12-29-19-16(11-28-20(17)19)24-21-22-9-8-15(23-21)18-3-2-10-30-18/h2-10,16-17,19-20,25H,11-12H2,1H3,(H,22,23,24)/t16-,17-,19+,20+/m0/s1. The van der Waals surface area contributed by atoms with Crippen molar-refractivity contribution in [1.82, 2.24) is 14.7 Å². The fourth-order valence-electron chi connectivity index (χ4n) is 3.86. The molecule has 0 amide bonds. The maximum atomic E-state index is 12.8. The van der Waals surface area contributed by atoms with Crippen molar-refractivity contribution in [2.24, 2.45) is 0 Å². The van der Waals surface area contributed by atoms with E-state index in [9.17, 15) is 8.42 Å². The van der Waals surface area contributed by atoms with Gasteiger partial charge in [-0.2, -0.15) is 0 Å². The molecule has 162 valence electrons. The summed E-state index contributed by atoms with van der Waals surface area (Å²) in [5.41, 5.74) is 1.85. The number of hydrogen-bond acceptors (Lipinski definition) is 8. The zero-order valence-corrected chi connectivity index (χ0v) is 18.4. The zero-order chi connectivity index (χ0) is 21.4. The van der Waals surface area contributed by atoms with Gasteiger partial charge in [-0.15, -0.1) is 11.3 Å². The maximum Gasteiger partial charge on any atom is 0.240 e. The van der Waals surface area contributed by atoms with Gasteiger partial charge in [-0.25, -0.2) is 23.1 Å². The van der Waals surface area contributed by atoms with Gasteiger partial charge in [0.1, 0.15) is 12.2 Å². The summed E-state index contributed by atoms with van der Waals surface area (Å²) in [7, 11) is -3.66. The number of ether oxygens (including phenoxy) is 2. The van der Waals surface area contributed by atoms with Crippen molar-refractivity contribution < 1.29 is 17.9 Å². The molecular weight excluding hydrogens is 436 g/mol. The third kappa shape index (κ3) is 4.21. The molecule has 4 atom stereocenters. The Morgan fingerprint density at radius 3 is 2.52 bits per heavy atom. The number of aryl methyl sites for hydroxylation is 1. The largest absolute Gasteiger partial charge is 0.371 e. The molecule has 2 aromatic heterocycles. The molecule has 3 aromatic rings. The number of hydrogen-bond donors (Lipinski definition) is 2. The summed E-state index contributed by atoms with van der Waals surface area (Å²) in [6, 6.07) is 12.0. The van der Waals surface area contributed by atoms with E-state index in [0.717, 1.165) is 16.1 Å². The average molecular weight is 459 g/mol. The molecular formula is C21H22N4O4S2. The third-order valence-corrected chi connectivity index (χ3v) is 7.83. The molecule has 0 saturated carbocycles. The minimum atomic E-state index is -3.66. The van der Waals surface area contributed by atoms with Crippen LogP contribution in [0.3, 0.4) is 0 Å². The van der Waals surface area contributed by atoms with Crippen LogP contribution in [0.25, 0.3) is 10.6 Å². The lowest BCUT2D eigenvalue weighted by Gasteiger charge is -2.18. The van der Waals surface area contributed by atoms with E-state index < -0.39 is 16.1 Å². The average Bonchev–Trinajstić information content (AvgIpc) is 3.49. The quantitative estimate of drug-likeness (QED) is 0.585. The Kier molecular flexibility index (Phi) is 5.49. The van der Waals surface area contributed by atoms with Crippen molar-refractivity contribution in [3.63, 3.8) is 0 Å². The molecule has 5 rings (SSSR count). The topological polar surface area (TPSA) is 102 Å². The van der Waals surface area contributed by atoms with E-state index in [2.05, 4.69) is 20.0 Å². The van der Waals surface area contributed by atoms with Crippen LogP contribution < -0.4 is 10.0 Å². The van der Waals surface area contributed by atoms with Crippen LogP contribution >= 0.6 is 11.3 Å². The van der Waals surface area contributed by atoms with Gasteiger partial charge in [0.2, 0.25) is 16.0 Å². The number of aromatic nitrogens is 2. The van der Waals surface area contributed by atoms with Gasteiger partial charge in [-0.1, -0.05) is 23.8 Å². The summed E-state index contributed by atoms with van der Waals surface area (Å²) in [6.45, 7) is 2.54. The molecule has 2 fully saturated rings. The molecule has 8 nitrogen and oxygen atoms in total. The maximum absolute atomic E-state index is 12.8. The molecule has 0 spiro atoms. The molecule has 0 unspecified atom stereocenters. The van der Waals surface area contributed by atoms with E-state index in [1.54, 1.807) is 41.8 Å². The first-order chi connectivity index (χ1) is 15.0. The zero-order valence-electron chi connectivity index (χ0n) is 16.8. The Balaban J connectivity index is 1.26. The monoisotopic (exact) mass is 458 g/mol. The molecule has 2 aliphatic heterocycles. The van der Waals surface area contributed by atoms with Gasteiger partial charge in [0.05, 0.1) is 40.8 Å². The molecule has 0 aliphatic carbocycles. The number of sulfonamides is 1. The highest BCUT2D eigenvalue weighted by atomic mass is 32.2. The van der Waals surface area contributed by atoms with Crippen molar-refractivity contribution in [3.8, 4) is 10.6 Å². The van der Waals surface area contributed by atoms with Crippen LogP contribution in [0.1, 0.15) is 5.56 Å². The van der Waals surface area contributed by atoms with E-state index in [0.29, 0.717) is 12.6 Å². The predicted molar refractivity (Wildman–Crippen MR) is 118 cm³/mol. The number of thiophene rings is 1. The van der Waals surface area contributed by atoms with Crippen LogP contribution in [0, 0.1) is 6.92 Å². The number of nitrogens with one attached hydrogen (secondary N) is 2. The second-order valence-electron chi connectivity index (χ2n) is 7.63. The van der Waals surface area contributed by atoms with E-state index in [1.807, 2.05) is 30.5 Å². The first-order valence-corrected chi connectivity index (χ1v) is 12.3. The third-order valence-electron chi connectivity index (χ3n) is 5.43. The lowest BCUT2D eigenvalue weighted by atomic mass is 10.1. The lowest BCUT2D eigenvalue weighted by molar-refractivity contribution is 0.0690. The van der Waals surface area contributed by atoms with Gasteiger partial charge in [0.25, 0.3) is 0 Å². The van der Waals surface area contributed by atoms with Crippen LogP contribution in [-0.2, 0) is 19.5 Å². The number of fused-ring (bicyclic) bond motifs is 1.